The molecule has 6 aromatic carbocycles. The Labute approximate surface area is 433 Å². The summed E-state index contributed by atoms with van der Waals surface area (Å²) >= 11 is 0. The van der Waals surface area contributed by atoms with E-state index < -0.39 is 9.85 Å². The molecule has 0 aliphatic rings. The van der Waals surface area contributed by atoms with E-state index in [1.165, 1.54) is 94.9 Å². The van der Waals surface area contributed by atoms with Crippen LogP contribution >= 0.6 is 0 Å². The van der Waals surface area contributed by atoms with Gasteiger partial charge >= 0.3 is 0 Å². The number of nitro benzene ring substituents is 2. The molecule has 0 amide bonds. The molecule has 6 aromatic rings. The Balaban J connectivity index is -0.000000239. The van der Waals surface area contributed by atoms with Gasteiger partial charge in [-0.2, -0.15) is 0 Å². The highest BCUT2D eigenvalue weighted by Gasteiger charge is 2.00. The van der Waals surface area contributed by atoms with E-state index in [9.17, 15) is 20.2 Å². The zero-order valence-electron chi connectivity index (χ0n) is 46.6. The SMILES string of the molecule is CC.CCC.CCCC.CCCC.CCCC.CCCC.CCCC.Nc1ccc(-c2ccc(N)cc2)cc1.O=[N+]([O-])c1ccccc1.O=[N+]([O-])c1ccccc1.c1ccc(NNc2ccccc2)cc1. The summed E-state index contributed by atoms with van der Waals surface area (Å²) in [6.07, 6.45) is 14.4. The normalized spacial score (nSPS) is 8.54. The van der Waals surface area contributed by atoms with Crippen LogP contribution in [0, 0.1) is 20.2 Å². The fourth-order valence-corrected chi connectivity index (χ4v) is 3.64. The molecule has 0 aliphatic heterocycles. The van der Waals surface area contributed by atoms with Crippen LogP contribution in [0.5, 0.6) is 0 Å². The molecule has 0 spiro atoms. The highest BCUT2D eigenvalue weighted by molar-refractivity contribution is 5.67. The number of anilines is 4. The number of nitrogens with zero attached hydrogens (tertiary/aromatic N) is 2. The molecule has 0 saturated heterocycles. The van der Waals surface area contributed by atoms with Crippen LogP contribution in [-0.4, -0.2) is 9.85 Å². The highest BCUT2D eigenvalue weighted by atomic mass is 16.6. The molecular formula is C61H98N6O4. The third-order valence-electron chi connectivity index (χ3n) is 8.49. The number of nitrogen functional groups attached to an aromatic ring is 2. The second-order valence-corrected chi connectivity index (χ2v) is 15.1. The second-order valence-electron chi connectivity index (χ2n) is 15.1. The summed E-state index contributed by atoms with van der Waals surface area (Å²) in [5, 5.41) is 20.0. The smallest absolute Gasteiger partial charge is 0.269 e. The predicted molar refractivity (Wildman–Crippen MR) is 317 cm³/mol. The van der Waals surface area contributed by atoms with Crippen LogP contribution < -0.4 is 22.3 Å². The maximum Gasteiger partial charge on any atom is 0.269 e. The zero-order chi connectivity index (χ0) is 54.8. The van der Waals surface area contributed by atoms with Crippen LogP contribution in [0.25, 0.3) is 11.1 Å². The Hall–Kier alpha value is -6.68. The number of nitrogens with two attached hydrogens (primary N) is 2. The molecule has 10 nitrogen and oxygen atoms in total. The van der Waals surface area contributed by atoms with Crippen molar-refractivity contribution in [2.75, 3.05) is 22.3 Å². The fourth-order valence-electron chi connectivity index (χ4n) is 3.64. The molecule has 0 bridgehead atoms. The summed E-state index contributed by atoms with van der Waals surface area (Å²) in [5.41, 5.74) is 23.7. The monoisotopic (exact) mass is 979 g/mol. The first kappa shape index (κ1) is 73.3. The van der Waals surface area contributed by atoms with E-state index >= 15 is 0 Å². The van der Waals surface area contributed by atoms with Gasteiger partial charge in [0.1, 0.15) is 0 Å². The Bertz CT molecular complexity index is 1750. The lowest BCUT2D eigenvalue weighted by atomic mass is 10.1. The second kappa shape index (κ2) is 59.4. The van der Waals surface area contributed by atoms with E-state index in [2.05, 4.69) is 93.9 Å². The van der Waals surface area contributed by atoms with Gasteiger partial charge in [-0.05, 0) is 59.7 Å². The average Bonchev–Trinajstić information content (AvgIpc) is 3.43. The fraction of sp³-hybridized carbons (Fsp3) is 0.410. The summed E-state index contributed by atoms with van der Waals surface area (Å²) in [6, 6.07) is 51.5. The third kappa shape index (κ3) is 52.5. The maximum atomic E-state index is 10.0. The first-order valence-electron chi connectivity index (χ1n) is 26.0. The van der Waals surface area contributed by atoms with E-state index in [1.807, 2.05) is 123 Å². The zero-order valence-corrected chi connectivity index (χ0v) is 46.6. The number of nitrogens with one attached hydrogen (secondary N) is 2. The van der Waals surface area contributed by atoms with Crippen molar-refractivity contribution in [1.82, 2.24) is 0 Å². The number of nitro groups is 2. The van der Waals surface area contributed by atoms with Crippen molar-refractivity contribution >= 4 is 34.1 Å². The number of benzene rings is 6. The van der Waals surface area contributed by atoms with Crippen molar-refractivity contribution in [2.24, 2.45) is 0 Å². The third-order valence-corrected chi connectivity index (χ3v) is 8.49. The summed E-state index contributed by atoms with van der Waals surface area (Å²) in [6.45, 7) is 30.1. The van der Waals surface area contributed by atoms with Gasteiger partial charge in [0.05, 0.1) is 21.2 Å². The number of hydrogen-bond donors (Lipinski definition) is 4. The number of hydrazine groups is 1. The molecule has 0 aliphatic carbocycles. The number of rotatable bonds is 11. The molecule has 71 heavy (non-hydrogen) atoms. The van der Waals surface area contributed by atoms with Crippen molar-refractivity contribution < 1.29 is 9.85 Å². The first-order valence-corrected chi connectivity index (χ1v) is 26.0. The van der Waals surface area contributed by atoms with Gasteiger partial charge < -0.3 is 22.3 Å². The van der Waals surface area contributed by atoms with Crippen LogP contribution in [0.4, 0.5) is 34.1 Å². The van der Waals surface area contributed by atoms with Crippen molar-refractivity contribution in [1.29, 1.82) is 0 Å². The minimum absolute atomic E-state index is 0.137. The Morgan fingerprint density at radius 1 is 0.338 bits per heavy atom. The van der Waals surface area contributed by atoms with Gasteiger partial charge in [-0.15, -0.1) is 0 Å². The predicted octanol–water partition coefficient (Wildman–Crippen LogP) is 20.3. The molecule has 0 atom stereocenters. The molecule has 0 radical (unpaired) electrons. The van der Waals surface area contributed by atoms with Crippen LogP contribution in [0.15, 0.2) is 170 Å². The lowest BCUT2D eigenvalue weighted by Crippen LogP contribution is -2.07. The largest absolute Gasteiger partial charge is 0.399 e. The summed E-state index contributed by atoms with van der Waals surface area (Å²) < 4.78 is 0. The lowest BCUT2D eigenvalue weighted by molar-refractivity contribution is -0.385. The van der Waals surface area contributed by atoms with E-state index in [1.54, 1.807) is 36.4 Å². The molecule has 0 fully saturated rings. The average molecular weight is 979 g/mol. The van der Waals surface area contributed by atoms with Crippen LogP contribution in [0.2, 0.25) is 0 Å². The standard InChI is InChI=1S/2C12H12N2.2C6H5NO2.5C4H10.C3H8.C2H6/c13-11-5-1-9(2-6-11)10-3-7-12(14)8-4-10;1-3-7-11(8-4-1)13-14-12-9-5-2-6-10-12;2*8-7(9)6-4-2-1-3-5-6;5*1-3-4-2;1-3-2;1-2/h1-8H,13-14H2;1-10,13-14H;2*1-5H;5*3-4H2,1-2H3;3H2,1-2H3;1-2H3. The lowest BCUT2D eigenvalue weighted by Gasteiger charge is -2.08. The quantitative estimate of drug-likeness (QED) is 0.0566. The topological polar surface area (TPSA) is 162 Å². The molecule has 0 saturated carbocycles. The molecule has 0 unspecified atom stereocenters. The van der Waals surface area contributed by atoms with Gasteiger partial charge in [-0.1, -0.05) is 265 Å². The van der Waals surface area contributed by atoms with Crippen LogP contribution in [0.3, 0.4) is 0 Å². The molecular weight excluding hydrogens is 881 g/mol. The molecule has 6 rings (SSSR count). The minimum atomic E-state index is -0.417. The molecule has 0 heterocycles. The van der Waals surface area contributed by atoms with Gasteiger partial charge in [-0.3, -0.25) is 20.2 Å². The highest BCUT2D eigenvalue weighted by Crippen LogP contribution is 2.21. The van der Waals surface area contributed by atoms with Crippen LogP contribution in [0.1, 0.15) is 168 Å². The van der Waals surface area contributed by atoms with E-state index in [0.717, 1.165) is 33.9 Å². The number of hydrogen-bond acceptors (Lipinski definition) is 8. The number of para-hydroxylation sites is 4. The van der Waals surface area contributed by atoms with Gasteiger partial charge in [0.15, 0.2) is 0 Å². The van der Waals surface area contributed by atoms with E-state index in [0.29, 0.717) is 0 Å². The summed E-state index contributed by atoms with van der Waals surface area (Å²) in [5.74, 6) is 0. The Morgan fingerprint density at radius 3 is 0.676 bits per heavy atom. The van der Waals surface area contributed by atoms with Crippen LogP contribution in [-0.2, 0) is 0 Å². The Kier molecular flexibility index (Phi) is 61.4. The summed E-state index contributed by atoms with van der Waals surface area (Å²) in [4.78, 5) is 19.2. The van der Waals surface area contributed by atoms with E-state index in [-0.39, 0.29) is 11.4 Å². The molecule has 10 heteroatoms. The van der Waals surface area contributed by atoms with Gasteiger partial charge in [0.2, 0.25) is 0 Å². The number of unbranched alkanes of at least 4 members (excludes halogenated alkanes) is 5. The van der Waals surface area contributed by atoms with Crippen molar-refractivity contribution in [2.45, 2.75) is 168 Å². The van der Waals surface area contributed by atoms with Crippen molar-refractivity contribution in [3.8, 4) is 11.1 Å². The first-order chi connectivity index (χ1) is 34.3. The van der Waals surface area contributed by atoms with Gasteiger partial charge in [0, 0.05) is 35.6 Å². The minimum Gasteiger partial charge on any atom is -0.399 e. The van der Waals surface area contributed by atoms with E-state index in [4.69, 9.17) is 11.5 Å². The molecule has 6 N–H and O–H groups in total. The summed E-state index contributed by atoms with van der Waals surface area (Å²) in [7, 11) is 0. The number of non-ortho nitro benzene ring substituents is 2. The molecule has 396 valence electrons. The van der Waals surface area contributed by atoms with Gasteiger partial charge in [-0.25, -0.2) is 0 Å². The maximum absolute atomic E-state index is 10.0. The molecule has 0 aromatic heterocycles. The van der Waals surface area contributed by atoms with Gasteiger partial charge in [0.25, 0.3) is 11.4 Å². The van der Waals surface area contributed by atoms with Crippen molar-refractivity contribution in [3.63, 3.8) is 0 Å². The Morgan fingerprint density at radius 2 is 0.521 bits per heavy atom. The van der Waals surface area contributed by atoms with Crippen molar-refractivity contribution in [3.05, 3.63) is 190 Å².